The molecule has 17 heavy (non-hydrogen) atoms. The molecular formula is C14H24N2O. The smallest absolute Gasteiger partial charge is 0.195 e. The van der Waals surface area contributed by atoms with Crippen LogP contribution >= 0.6 is 0 Å². The molecule has 2 rings (SSSR count). The van der Waals surface area contributed by atoms with Gasteiger partial charge in [0.2, 0.25) is 0 Å². The van der Waals surface area contributed by atoms with Crippen molar-refractivity contribution in [3.05, 3.63) is 17.8 Å². The summed E-state index contributed by atoms with van der Waals surface area (Å²) >= 11 is 0. The van der Waals surface area contributed by atoms with Crippen LogP contribution in [0.25, 0.3) is 0 Å². The zero-order valence-corrected chi connectivity index (χ0v) is 11.3. The second kappa shape index (κ2) is 5.21. The maximum absolute atomic E-state index is 5.90. The lowest BCUT2D eigenvalue weighted by Crippen LogP contribution is -2.16. The minimum atomic E-state index is 0.373. The van der Waals surface area contributed by atoms with E-state index in [-0.39, 0.29) is 0 Å². The highest BCUT2D eigenvalue weighted by molar-refractivity contribution is 5.09. The summed E-state index contributed by atoms with van der Waals surface area (Å²) in [6.45, 7) is 8.74. The van der Waals surface area contributed by atoms with Crippen LogP contribution in [0.3, 0.4) is 0 Å². The summed E-state index contributed by atoms with van der Waals surface area (Å²) in [5.41, 5.74) is 0.373. The lowest BCUT2D eigenvalue weighted by molar-refractivity contribution is 0.287. The first kappa shape index (κ1) is 12.6. The van der Waals surface area contributed by atoms with Crippen molar-refractivity contribution < 1.29 is 4.42 Å². The molecule has 0 bridgehead atoms. The van der Waals surface area contributed by atoms with Gasteiger partial charge < -0.3 is 9.73 Å². The minimum absolute atomic E-state index is 0.373. The summed E-state index contributed by atoms with van der Waals surface area (Å²) in [5, 5.41) is 3.29. The molecule has 1 unspecified atom stereocenters. The molecule has 1 atom stereocenters. The van der Waals surface area contributed by atoms with E-state index in [4.69, 9.17) is 4.42 Å². The number of likely N-dealkylation sites (N-methyl/N-ethyl adjacent to an activating group) is 1. The van der Waals surface area contributed by atoms with E-state index in [0.717, 1.165) is 31.2 Å². The Hall–Kier alpha value is -0.830. The van der Waals surface area contributed by atoms with Crippen LogP contribution in [0.5, 0.6) is 0 Å². The molecule has 96 valence electrons. The monoisotopic (exact) mass is 236 g/mol. The summed E-state index contributed by atoms with van der Waals surface area (Å²) in [6.07, 6.45) is 6.69. The van der Waals surface area contributed by atoms with Crippen LogP contribution in [-0.4, -0.2) is 18.1 Å². The number of nitrogens with one attached hydrogen (secondary N) is 1. The van der Waals surface area contributed by atoms with Crippen LogP contribution < -0.4 is 5.32 Å². The summed E-state index contributed by atoms with van der Waals surface area (Å²) in [5.74, 6) is 2.53. The molecule has 1 saturated carbocycles. The predicted molar refractivity (Wildman–Crippen MR) is 69.1 cm³/mol. The van der Waals surface area contributed by atoms with Gasteiger partial charge in [-0.2, -0.15) is 0 Å². The molecule has 0 aromatic carbocycles. The van der Waals surface area contributed by atoms with Crippen LogP contribution in [0.1, 0.15) is 57.6 Å². The second-order valence-corrected chi connectivity index (χ2v) is 5.69. The first-order chi connectivity index (χ1) is 8.13. The van der Waals surface area contributed by atoms with E-state index in [1.165, 1.54) is 19.3 Å². The minimum Gasteiger partial charge on any atom is -0.445 e. The van der Waals surface area contributed by atoms with E-state index in [1.807, 2.05) is 6.20 Å². The van der Waals surface area contributed by atoms with Gasteiger partial charge in [-0.25, -0.2) is 4.98 Å². The highest BCUT2D eigenvalue weighted by atomic mass is 16.4. The van der Waals surface area contributed by atoms with Crippen LogP contribution in [0, 0.1) is 5.41 Å². The largest absolute Gasteiger partial charge is 0.445 e. The van der Waals surface area contributed by atoms with Gasteiger partial charge in [0.05, 0.1) is 6.20 Å². The van der Waals surface area contributed by atoms with Gasteiger partial charge in [-0.15, -0.1) is 0 Å². The van der Waals surface area contributed by atoms with Gasteiger partial charge in [-0.05, 0) is 24.8 Å². The van der Waals surface area contributed by atoms with Gasteiger partial charge in [0.25, 0.3) is 0 Å². The van der Waals surface area contributed by atoms with E-state index in [0.29, 0.717) is 11.3 Å². The Labute approximate surface area is 104 Å². The quantitative estimate of drug-likeness (QED) is 0.798. The van der Waals surface area contributed by atoms with Crippen molar-refractivity contribution in [1.29, 1.82) is 0 Å². The Balaban J connectivity index is 1.98. The van der Waals surface area contributed by atoms with Crippen LogP contribution in [-0.2, 0) is 6.42 Å². The molecule has 3 heteroatoms. The van der Waals surface area contributed by atoms with Crippen molar-refractivity contribution >= 4 is 0 Å². The Morgan fingerprint density at radius 1 is 1.53 bits per heavy atom. The molecule has 0 saturated heterocycles. The van der Waals surface area contributed by atoms with E-state index < -0.39 is 0 Å². The van der Waals surface area contributed by atoms with Crippen molar-refractivity contribution in [2.75, 3.05) is 13.1 Å². The molecule has 0 aliphatic heterocycles. The molecule has 1 aromatic heterocycles. The molecule has 1 aliphatic carbocycles. The number of oxazole rings is 1. The van der Waals surface area contributed by atoms with Crippen molar-refractivity contribution in [2.45, 2.75) is 52.4 Å². The molecule has 1 aromatic rings. The Morgan fingerprint density at radius 2 is 2.35 bits per heavy atom. The second-order valence-electron chi connectivity index (χ2n) is 5.69. The molecule has 3 nitrogen and oxygen atoms in total. The number of hydrogen-bond acceptors (Lipinski definition) is 3. The van der Waals surface area contributed by atoms with E-state index in [9.17, 15) is 0 Å². The van der Waals surface area contributed by atoms with E-state index in [1.54, 1.807) is 0 Å². The van der Waals surface area contributed by atoms with Crippen LogP contribution in [0.4, 0.5) is 0 Å². The van der Waals surface area contributed by atoms with Crippen LogP contribution in [0.15, 0.2) is 10.6 Å². The lowest BCUT2D eigenvalue weighted by Gasteiger charge is -2.24. The van der Waals surface area contributed by atoms with Gasteiger partial charge in [-0.3, -0.25) is 0 Å². The molecule has 1 aliphatic rings. The average Bonchev–Trinajstić information content (AvgIpc) is 2.85. The maximum Gasteiger partial charge on any atom is 0.195 e. The lowest BCUT2D eigenvalue weighted by atomic mass is 9.81. The third-order valence-electron chi connectivity index (χ3n) is 3.94. The summed E-state index contributed by atoms with van der Waals surface area (Å²) < 4.78 is 5.90. The molecule has 1 N–H and O–H groups in total. The fraction of sp³-hybridized carbons (Fsp3) is 0.786. The highest BCUT2D eigenvalue weighted by Gasteiger charge is 2.37. The van der Waals surface area contributed by atoms with Gasteiger partial charge in [0.15, 0.2) is 5.89 Å². The number of rotatable bonds is 5. The Morgan fingerprint density at radius 3 is 3.00 bits per heavy atom. The summed E-state index contributed by atoms with van der Waals surface area (Å²) in [4.78, 5) is 4.39. The first-order valence-electron chi connectivity index (χ1n) is 6.79. The Kier molecular flexibility index (Phi) is 3.87. The van der Waals surface area contributed by atoms with Gasteiger partial charge >= 0.3 is 0 Å². The van der Waals surface area contributed by atoms with Crippen molar-refractivity contribution in [1.82, 2.24) is 10.3 Å². The summed E-state index contributed by atoms with van der Waals surface area (Å²) in [6, 6.07) is 0. The first-order valence-corrected chi connectivity index (χ1v) is 6.79. The maximum atomic E-state index is 5.90. The van der Waals surface area contributed by atoms with E-state index >= 15 is 0 Å². The van der Waals surface area contributed by atoms with Crippen molar-refractivity contribution in [3.8, 4) is 0 Å². The fourth-order valence-electron chi connectivity index (χ4n) is 2.83. The van der Waals surface area contributed by atoms with Crippen LogP contribution in [0.2, 0.25) is 0 Å². The number of nitrogens with zero attached hydrogens (tertiary/aromatic N) is 1. The van der Waals surface area contributed by atoms with Gasteiger partial charge in [0, 0.05) is 18.9 Å². The fourth-order valence-corrected chi connectivity index (χ4v) is 2.83. The van der Waals surface area contributed by atoms with Gasteiger partial charge in [0.1, 0.15) is 5.76 Å². The van der Waals surface area contributed by atoms with Gasteiger partial charge in [-0.1, -0.05) is 27.2 Å². The molecule has 0 amide bonds. The highest BCUT2D eigenvalue weighted by Crippen LogP contribution is 2.48. The number of hydrogen-bond donors (Lipinski definition) is 1. The zero-order valence-electron chi connectivity index (χ0n) is 11.3. The molecular weight excluding hydrogens is 212 g/mol. The summed E-state index contributed by atoms with van der Waals surface area (Å²) in [7, 11) is 0. The topological polar surface area (TPSA) is 38.1 Å². The Bertz CT molecular complexity index is 357. The molecule has 0 radical (unpaired) electrons. The van der Waals surface area contributed by atoms with Crippen molar-refractivity contribution in [3.63, 3.8) is 0 Å². The molecule has 0 spiro atoms. The SMILES string of the molecule is CCNCCc1ncc(C2CCCC2(C)C)o1. The third kappa shape index (κ3) is 2.89. The zero-order chi connectivity index (χ0) is 12.3. The third-order valence-corrected chi connectivity index (χ3v) is 3.94. The predicted octanol–water partition coefficient (Wildman–Crippen LogP) is 3.12. The number of aromatic nitrogens is 1. The molecule has 1 fully saturated rings. The molecule has 1 heterocycles. The normalized spacial score (nSPS) is 23.1. The standard InChI is InChI=1S/C14H24N2O/c1-4-15-9-7-13-16-10-12(17-13)11-6-5-8-14(11,2)3/h10-11,15H,4-9H2,1-3H3. The van der Waals surface area contributed by atoms with Crippen molar-refractivity contribution in [2.24, 2.45) is 5.41 Å². The average molecular weight is 236 g/mol. The van der Waals surface area contributed by atoms with E-state index in [2.05, 4.69) is 31.1 Å².